The number of aromatic nitrogens is 1. The van der Waals surface area contributed by atoms with Crippen LogP contribution in [0.5, 0.6) is 0 Å². The number of nitriles is 1. The van der Waals surface area contributed by atoms with Crippen LogP contribution in [-0.2, 0) is 15.3 Å². The lowest BCUT2D eigenvalue weighted by Gasteiger charge is -2.23. The fourth-order valence-electron chi connectivity index (χ4n) is 1.49. The van der Waals surface area contributed by atoms with Gasteiger partial charge in [-0.25, -0.2) is 0 Å². The fraction of sp³-hybridized carbons (Fsp3) is 0.400. The van der Waals surface area contributed by atoms with Crippen LogP contribution in [0.3, 0.4) is 0 Å². The highest BCUT2D eigenvalue weighted by Gasteiger charge is 2.39. The van der Waals surface area contributed by atoms with Crippen LogP contribution >= 0.6 is 0 Å². The molecule has 0 aromatic carbocycles. The zero-order chi connectivity index (χ0) is 9.86. The molecule has 0 radical (unpaired) electrons. The predicted molar refractivity (Wildman–Crippen MR) is 48.0 cm³/mol. The predicted octanol–water partition coefficient (Wildman–Crippen LogP) is 1.19. The van der Waals surface area contributed by atoms with Crippen LogP contribution in [0.1, 0.15) is 12.1 Å². The molecule has 1 fully saturated rings. The van der Waals surface area contributed by atoms with Gasteiger partial charge in [0.25, 0.3) is 0 Å². The van der Waals surface area contributed by atoms with Gasteiger partial charge in [0.2, 0.25) is 5.79 Å². The largest absolute Gasteiger partial charge is 0.341 e. The molecule has 0 unspecified atom stereocenters. The Bertz CT molecular complexity index is 339. The summed E-state index contributed by atoms with van der Waals surface area (Å²) in [5, 5.41) is 8.72. The van der Waals surface area contributed by atoms with Crippen molar-refractivity contribution < 1.29 is 9.47 Å². The molecule has 0 saturated carbocycles. The van der Waals surface area contributed by atoms with E-state index in [1.165, 1.54) is 0 Å². The van der Waals surface area contributed by atoms with E-state index < -0.39 is 5.79 Å². The molecule has 0 N–H and O–H groups in total. The van der Waals surface area contributed by atoms with Crippen molar-refractivity contribution in [2.75, 3.05) is 13.2 Å². The molecule has 1 aromatic heterocycles. The Kier molecular flexibility index (Phi) is 2.44. The summed E-state index contributed by atoms with van der Waals surface area (Å²) in [6.45, 7) is 1.02. The number of rotatable bonds is 2. The summed E-state index contributed by atoms with van der Waals surface area (Å²) in [6, 6.07) is 7.54. The highest BCUT2D eigenvalue weighted by molar-refractivity contribution is 5.13. The van der Waals surface area contributed by atoms with Gasteiger partial charge in [0.15, 0.2) is 0 Å². The van der Waals surface area contributed by atoms with Gasteiger partial charge in [0, 0.05) is 6.20 Å². The molecule has 4 nitrogen and oxygen atoms in total. The van der Waals surface area contributed by atoms with E-state index in [1.54, 1.807) is 6.20 Å². The first kappa shape index (κ1) is 9.13. The first-order valence-electron chi connectivity index (χ1n) is 4.44. The molecule has 2 heterocycles. The van der Waals surface area contributed by atoms with Crippen LogP contribution in [0.4, 0.5) is 0 Å². The van der Waals surface area contributed by atoms with Gasteiger partial charge in [-0.3, -0.25) is 4.98 Å². The standard InChI is InChI=1S/C10H10N2O2/c11-5-4-10(13-7-8-14-10)9-3-1-2-6-12-9/h1-3,6H,4,7-8H2. The third kappa shape index (κ3) is 1.48. The molecule has 1 aromatic rings. The van der Waals surface area contributed by atoms with Gasteiger partial charge < -0.3 is 9.47 Å². The summed E-state index contributed by atoms with van der Waals surface area (Å²) in [6.07, 6.45) is 1.84. The first-order valence-corrected chi connectivity index (χ1v) is 4.44. The lowest BCUT2D eigenvalue weighted by atomic mass is 10.1. The summed E-state index contributed by atoms with van der Waals surface area (Å²) >= 11 is 0. The Balaban J connectivity index is 2.32. The molecule has 0 amide bonds. The molecule has 0 spiro atoms. The van der Waals surface area contributed by atoms with E-state index in [9.17, 15) is 0 Å². The summed E-state index contributed by atoms with van der Waals surface area (Å²) in [4.78, 5) is 4.15. The second-order valence-corrected chi connectivity index (χ2v) is 3.00. The van der Waals surface area contributed by atoms with Crippen LogP contribution < -0.4 is 0 Å². The van der Waals surface area contributed by atoms with E-state index in [0.29, 0.717) is 18.9 Å². The monoisotopic (exact) mass is 190 g/mol. The number of hydrogen-bond acceptors (Lipinski definition) is 4. The maximum Gasteiger partial charge on any atom is 0.225 e. The lowest BCUT2D eigenvalue weighted by Crippen LogP contribution is -2.27. The highest BCUT2D eigenvalue weighted by atomic mass is 16.7. The molecule has 0 bridgehead atoms. The molecule has 1 aliphatic heterocycles. The molecule has 72 valence electrons. The Morgan fingerprint density at radius 3 is 2.79 bits per heavy atom. The Morgan fingerprint density at radius 1 is 1.43 bits per heavy atom. The zero-order valence-corrected chi connectivity index (χ0v) is 7.64. The number of pyridine rings is 1. The van der Waals surface area contributed by atoms with Gasteiger partial charge in [-0.15, -0.1) is 0 Å². The normalized spacial score (nSPS) is 19.1. The van der Waals surface area contributed by atoms with Gasteiger partial charge in [0.1, 0.15) is 5.69 Å². The summed E-state index contributed by atoms with van der Waals surface area (Å²) in [5.41, 5.74) is 0.666. The third-order valence-electron chi connectivity index (χ3n) is 2.12. The van der Waals surface area contributed by atoms with Crippen molar-refractivity contribution in [1.82, 2.24) is 4.98 Å². The fourth-order valence-corrected chi connectivity index (χ4v) is 1.49. The summed E-state index contributed by atoms with van der Waals surface area (Å²) in [5.74, 6) is -0.935. The van der Waals surface area contributed by atoms with Crippen molar-refractivity contribution in [2.24, 2.45) is 0 Å². The van der Waals surface area contributed by atoms with Crippen LogP contribution in [0, 0.1) is 11.3 Å². The highest BCUT2D eigenvalue weighted by Crippen LogP contribution is 2.32. The average molecular weight is 190 g/mol. The average Bonchev–Trinajstić information content (AvgIpc) is 2.70. The number of hydrogen-bond donors (Lipinski definition) is 0. The first-order chi connectivity index (χ1) is 6.87. The van der Waals surface area contributed by atoms with Crippen molar-refractivity contribution in [1.29, 1.82) is 5.26 Å². The summed E-state index contributed by atoms with van der Waals surface area (Å²) < 4.78 is 10.9. The van der Waals surface area contributed by atoms with Crippen LogP contribution in [0.15, 0.2) is 24.4 Å². The topological polar surface area (TPSA) is 55.1 Å². The maximum atomic E-state index is 8.72. The smallest absolute Gasteiger partial charge is 0.225 e. The van der Waals surface area contributed by atoms with Crippen molar-refractivity contribution in [3.8, 4) is 6.07 Å². The van der Waals surface area contributed by atoms with Crippen LogP contribution in [0.25, 0.3) is 0 Å². The number of ether oxygens (including phenoxy) is 2. The van der Waals surface area contributed by atoms with Crippen molar-refractivity contribution in [2.45, 2.75) is 12.2 Å². The molecule has 0 aliphatic carbocycles. The van der Waals surface area contributed by atoms with Crippen molar-refractivity contribution in [3.63, 3.8) is 0 Å². The molecule has 1 aliphatic rings. The molecule has 4 heteroatoms. The Labute approximate surface area is 82.1 Å². The second-order valence-electron chi connectivity index (χ2n) is 3.00. The minimum Gasteiger partial charge on any atom is -0.341 e. The van der Waals surface area contributed by atoms with E-state index in [2.05, 4.69) is 11.1 Å². The molecular weight excluding hydrogens is 180 g/mol. The van der Waals surface area contributed by atoms with Crippen molar-refractivity contribution in [3.05, 3.63) is 30.1 Å². The van der Waals surface area contributed by atoms with E-state index in [4.69, 9.17) is 14.7 Å². The van der Waals surface area contributed by atoms with E-state index in [-0.39, 0.29) is 6.42 Å². The van der Waals surface area contributed by atoms with Gasteiger partial charge in [-0.1, -0.05) is 6.07 Å². The van der Waals surface area contributed by atoms with Crippen molar-refractivity contribution >= 4 is 0 Å². The zero-order valence-electron chi connectivity index (χ0n) is 7.64. The maximum absolute atomic E-state index is 8.72. The second kappa shape index (κ2) is 3.74. The van der Waals surface area contributed by atoms with Crippen LogP contribution in [-0.4, -0.2) is 18.2 Å². The SMILES string of the molecule is N#CCC1(c2ccccn2)OCCO1. The van der Waals surface area contributed by atoms with Gasteiger partial charge in [-0.2, -0.15) is 5.26 Å². The Hall–Kier alpha value is -1.44. The van der Waals surface area contributed by atoms with Gasteiger partial charge >= 0.3 is 0 Å². The molecule has 1 saturated heterocycles. The Morgan fingerprint density at radius 2 is 2.21 bits per heavy atom. The minimum absolute atomic E-state index is 0.171. The van der Waals surface area contributed by atoms with Gasteiger partial charge in [0.05, 0.1) is 25.7 Å². The van der Waals surface area contributed by atoms with E-state index >= 15 is 0 Å². The quantitative estimate of drug-likeness (QED) is 0.703. The lowest BCUT2D eigenvalue weighted by molar-refractivity contribution is -0.164. The van der Waals surface area contributed by atoms with E-state index in [0.717, 1.165) is 0 Å². The molecule has 2 rings (SSSR count). The molecule has 0 atom stereocenters. The van der Waals surface area contributed by atoms with E-state index in [1.807, 2.05) is 18.2 Å². The minimum atomic E-state index is -0.935. The molecular formula is C10H10N2O2. The summed E-state index contributed by atoms with van der Waals surface area (Å²) in [7, 11) is 0. The third-order valence-corrected chi connectivity index (χ3v) is 2.12. The van der Waals surface area contributed by atoms with Crippen LogP contribution in [0.2, 0.25) is 0 Å². The van der Waals surface area contributed by atoms with Gasteiger partial charge in [-0.05, 0) is 12.1 Å². The number of nitrogens with zero attached hydrogens (tertiary/aromatic N) is 2. The molecule has 14 heavy (non-hydrogen) atoms.